The van der Waals surface area contributed by atoms with E-state index in [0.717, 1.165) is 16.8 Å². The van der Waals surface area contributed by atoms with Crippen molar-refractivity contribution in [1.29, 1.82) is 0 Å². The molecule has 0 saturated heterocycles. The molecule has 16 heavy (non-hydrogen) atoms. The van der Waals surface area contributed by atoms with Gasteiger partial charge in [-0.15, -0.1) is 0 Å². The number of nitro benzene ring substituents is 1. The third-order valence-electron chi connectivity index (χ3n) is 2.91. The number of anilines is 1. The van der Waals surface area contributed by atoms with E-state index in [9.17, 15) is 10.1 Å². The van der Waals surface area contributed by atoms with Crippen molar-refractivity contribution in [2.45, 2.75) is 0 Å². The Kier molecular flexibility index (Phi) is 1.65. The first kappa shape index (κ1) is 9.08. The molecule has 2 aliphatic rings. The quantitative estimate of drug-likeness (QED) is 0.529. The zero-order valence-corrected chi connectivity index (χ0v) is 8.67. The summed E-state index contributed by atoms with van der Waals surface area (Å²) in [6.45, 7) is 0.691. The maximum atomic E-state index is 10.9. The molecule has 0 amide bonds. The maximum absolute atomic E-state index is 10.9. The lowest BCUT2D eigenvalue weighted by atomic mass is 9.92. The van der Waals surface area contributed by atoms with Gasteiger partial charge in [-0.1, -0.05) is 12.1 Å². The minimum absolute atomic E-state index is 0.147. The molecule has 2 heterocycles. The molecule has 5 nitrogen and oxygen atoms in total. The summed E-state index contributed by atoms with van der Waals surface area (Å²) in [4.78, 5) is 16.7. The van der Waals surface area contributed by atoms with Crippen LogP contribution in [0.5, 0.6) is 0 Å². The van der Waals surface area contributed by atoms with E-state index in [1.807, 2.05) is 24.2 Å². The van der Waals surface area contributed by atoms with Crippen LogP contribution < -0.4 is 4.90 Å². The fourth-order valence-electron chi connectivity index (χ4n) is 2.18. The van der Waals surface area contributed by atoms with Gasteiger partial charge in [-0.3, -0.25) is 15.1 Å². The van der Waals surface area contributed by atoms with Crippen molar-refractivity contribution in [2.24, 2.45) is 4.99 Å². The predicted octanol–water partition coefficient (Wildman–Crippen LogP) is 1.73. The van der Waals surface area contributed by atoms with Crippen LogP contribution in [0.15, 0.2) is 35.0 Å². The molecular weight excluding hydrogens is 206 g/mol. The van der Waals surface area contributed by atoms with Crippen LogP contribution in [0.3, 0.4) is 0 Å². The van der Waals surface area contributed by atoms with Gasteiger partial charge >= 0.3 is 0 Å². The number of nitro groups is 1. The van der Waals surface area contributed by atoms with E-state index in [1.165, 1.54) is 6.07 Å². The topological polar surface area (TPSA) is 58.7 Å². The van der Waals surface area contributed by atoms with Crippen molar-refractivity contribution in [1.82, 2.24) is 0 Å². The number of nitrogens with zero attached hydrogens (tertiary/aromatic N) is 3. The van der Waals surface area contributed by atoms with Crippen molar-refractivity contribution in [3.63, 3.8) is 0 Å². The average molecular weight is 215 g/mol. The standard InChI is InChI=1S/C11H9N3O2/c1-13-6-7-5-12-10(7)8-3-2-4-9(11(8)13)14(15)16/h2-5H,6H2,1H3. The Balaban J connectivity index is 2.25. The highest BCUT2D eigenvalue weighted by molar-refractivity contribution is 6.21. The van der Waals surface area contributed by atoms with Gasteiger partial charge in [0, 0.05) is 37.0 Å². The van der Waals surface area contributed by atoms with E-state index in [2.05, 4.69) is 4.99 Å². The fraction of sp³-hybridized carbons (Fsp3) is 0.182. The number of hydrogen-bond donors (Lipinski definition) is 0. The van der Waals surface area contributed by atoms with Crippen LogP contribution in [0.4, 0.5) is 11.4 Å². The van der Waals surface area contributed by atoms with E-state index in [1.54, 1.807) is 6.07 Å². The smallest absolute Gasteiger partial charge is 0.293 e. The maximum Gasteiger partial charge on any atom is 0.293 e. The molecule has 0 bridgehead atoms. The van der Waals surface area contributed by atoms with Gasteiger partial charge in [0.1, 0.15) is 5.69 Å². The summed E-state index contributed by atoms with van der Waals surface area (Å²) in [5.41, 5.74) is 3.73. The third kappa shape index (κ3) is 1.02. The van der Waals surface area contributed by atoms with Crippen molar-refractivity contribution in [3.05, 3.63) is 45.6 Å². The number of aliphatic imine (C=N–C) groups is 1. The fourth-order valence-corrected chi connectivity index (χ4v) is 2.18. The van der Waals surface area contributed by atoms with Gasteiger partial charge in [0.2, 0.25) is 0 Å². The van der Waals surface area contributed by atoms with E-state index in [-0.39, 0.29) is 10.6 Å². The Hall–Kier alpha value is -2.17. The Labute approximate surface area is 91.9 Å². The Morgan fingerprint density at radius 3 is 2.94 bits per heavy atom. The van der Waals surface area contributed by atoms with E-state index in [4.69, 9.17) is 0 Å². The summed E-state index contributed by atoms with van der Waals surface area (Å²) in [6.07, 6.45) is 1.81. The van der Waals surface area contributed by atoms with Gasteiger partial charge in [-0.05, 0) is 0 Å². The number of para-hydroxylation sites is 1. The molecule has 3 rings (SSSR count). The van der Waals surface area contributed by atoms with Gasteiger partial charge < -0.3 is 4.90 Å². The highest BCUT2D eigenvalue weighted by atomic mass is 16.6. The lowest BCUT2D eigenvalue weighted by Crippen LogP contribution is -2.34. The summed E-state index contributed by atoms with van der Waals surface area (Å²) in [6, 6.07) is 5.11. The minimum Gasteiger partial charge on any atom is -0.364 e. The molecule has 5 heteroatoms. The molecule has 1 aromatic carbocycles. The largest absolute Gasteiger partial charge is 0.364 e. The van der Waals surface area contributed by atoms with Crippen molar-refractivity contribution in [3.8, 4) is 0 Å². The predicted molar refractivity (Wildman–Crippen MR) is 61.0 cm³/mol. The summed E-state index contributed by atoms with van der Waals surface area (Å²) in [7, 11) is 1.86. The second-order valence-corrected chi connectivity index (χ2v) is 3.92. The normalized spacial score (nSPS) is 16.7. The molecule has 0 atom stereocenters. The molecule has 0 fully saturated rings. The number of fused-ring (bicyclic) bond motifs is 3. The summed E-state index contributed by atoms with van der Waals surface area (Å²) < 4.78 is 0. The first-order chi connectivity index (χ1) is 7.68. The summed E-state index contributed by atoms with van der Waals surface area (Å²) in [5, 5.41) is 10.9. The van der Waals surface area contributed by atoms with Crippen LogP contribution in [-0.2, 0) is 0 Å². The van der Waals surface area contributed by atoms with Crippen LogP contribution in [-0.4, -0.2) is 24.2 Å². The van der Waals surface area contributed by atoms with E-state index in [0.29, 0.717) is 12.2 Å². The molecule has 1 aromatic rings. The summed E-state index contributed by atoms with van der Waals surface area (Å²) in [5.74, 6) is 0. The molecule has 80 valence electrons. The molecule has 0 saturated carbocycles. The lowest BCUT2D eigenvalue weighted by molar-refractivity contribution is -0.384. The molecule has 0 aliphatic carbocycles. The molecule has 0 spiro atoms. The monoisotopic (exact) mass is 215 g/mol. The van der Waals surface area contributed by atoms with Crippen LogP contribution in [0.1, 0.15) is 5.56 Å². The summed E-state index contributed by atoms with van der Waals surface area (Å²) >= 11 is 0. The van der Waals surface area contributed by atoms with Gasteiger partial charge in [0.25, 0.3) is 5.69 Å². The van der Waals surface area contributed by atoms with Crippen molar-refractivity contribution < 1.29 is 4.92 Å². The highest BCUT2D eigenvalue weighted by Crippen LogP contribution is 2.38. The van der Waals surface area contributed by atoms with Crippen molar-refractivity contribution in [2.75, 3.05) is 18.5 Å². The lowest BCUT2D eigenvalue weighted by Gasteiger charge is -2.32. The van der Waals surface area contributed by atoms with Crippen LogP contribution >= 0.6 is 0 Å². The van der Waals surface area contributed by atoms with Crippen LogP contribution in [0.2, 0.25) is 0 Å². The Morgan fingerprint density at radius 1 is 1.50 bits per heavy atom. The molecule has 0 radical (unpaired) electrons. The molecule has 0 N–H and O–H groups in total. The Bertz CT molecular complexity index is 560. The van der Waals surface area contributed by atoms with Crippen molar-refractivity contribution >= 4 is 17.1 Å². The molecule has 2 aliphatic heterocycles. The first-order valence-electron chi connectivity index (χ1n) is 4.94. The van der Waals surface area contributed by atoms with Crippen LogP contribution in [0.25, 0.3) is 0 Å². The second kappa shape index (κ2) is 2.91. The van der Waals surface area contributed by atoms with Gasteiger partial charge in [-0.25, -0.2) is 0 Å². The van der Waals surface area contributed by atoms with Gasteiger partial charge in [-0.2, -0.15) is 0 Å². The second-order valence-electron chi connectivity index (χ2n) is 3.92. The number of rotatable bonds is 1. The van der Waals surface area contributed by atoms with Gasteiger partial charge in [0.15, 0.2) is 0 Å². The molecule has 0 unspecified atom stereocenters. The van der Waals surface area contributed by atoms with Crippen LogP contribution in [0, 0.1) is 10.1 Å². The SMILES string of the molecule is CN1CC2=CN=C2c2cccc([N+](=O)[O-])c21. The number of benzene rings is 1. The molecular formula is C11H9N3O2. The number of likely N-dealkylation sites (N-methyl/N-ethyl adjacent to an activating group) is 1. The Morgan fingerprint density at radius 2 is 2.31 bits per heavy atom. The first-order valence-corrected chi connectivity index (χ1v) is 4.94. The highest BCUT2D eigenvalue weighted by Gasteiger charge is 2.32. The van der Waals surface area contributed by atoms with E-state index >= 15 is 0 Å². The average Bonchev–Trinajstić information content (AvgIpc) is 2.22. The van der Waals surface area contributed by atoms with Gasteiger partial charge in [0.05, 0.1) is 10.6 Å². The molecule has 0 aromatic heterocycles. The number of hydrogen-bond acceptors (Lipinski definition) is 4. The third-order valence-corrected chi connectivity index (χ3v) is 2.91. The zero-order chi connectivity index (χ0) is 11.3. The zero-order valence-electron chi connectivity index (χ0n) is 8.67. The van der Waals surface area contributed by atoms with E-state index < -0.39 is 0 Å². The minimum atomic E-state index is -0.344.